The van der Waals surface area contributed by atoms with Gasteiger partial charge in [0.2, 0.25) is 0 Å². The fraction of sp³-hybridized carbons (Fsp3) is 0.738. The number of unbranched alkanes of at least 4 members (excludes halogenated alkanes) is 32. The van der Waals surface area contributed by atoms with Crippen LogP contribution in [0.2, 0.25) is 0 Å². The Bertz CT molecular complexity index is 1370. The molecule has 0 aliphatic carbocycles. The maximum atomic E-state index is 12.9. The van der Waals surface area contributed by atoms with Gasteiger partial charge in [-0.15, -0.1) is 0 Å². The van der Waals surface area contributed by atoms with E-state index in [1.165, 1.54) is 161 Å². The number of hydrogen-bond acceptors (Lipinski definition) is 6. The number of carbonyl (C=O) groups excluding carboxylic acids is 3. The van der Waals surface area contributed by atoms with Gasteiger partial charge in [-0.25, -0.2) is 0 Å². The van der Waals surface area contributed by atoms with Crippen LogP contribution >= 0.6 is 0 Å². The van der Waals surface area contributed by atoms with Gasteiger partial charge in [-0.2, -0.15) is 0 Å². The lowest BCUT2D eigenvalue weighted by Gasteiger charge is -2.18. The van der Waals surface area contributed by atoms with E-state index in [1.807, 2.05) is 0 Å². The van der Waals surface area contributed by atoms with Crippen LogP contribution < -0.4 is 0 Å². The molecule has 6 nitrogen and oxygen atoms in total. The molecule has 0 aromatic heterocycles. The van der Waals surface area contributed by atoms with Gasteiger partial charge in [0.05, 0.1) is 0 Å². The van der Waals surface area contributed by atoms with Crippen LogP contribution in [0.15, 0.2) is 85.1 Å². The zero-order valence-corrected chi connectivity index (χ0v) is 46.7. The highest BCUT2D eigenvalue weighted by molar-refractivity contribution is 5.71. The quantitative estimate of drug-likeness (QED) is 0.0199. The number of ether oxygens (including phenoxy) is 3. The zero-order chi connectivity index (χ0) is 51.4. The van der Waals surface area contributed by atoms with Gasteiger partial charge in [0.15, 0.2) is 6.10 Å². The molecule has 0 radical (unpaired) electrons. The predicted molar refractivity (Wildman–Crippen MR) is 307 cm³/mol. The lowest BCUT2D eigenvalue weighted by molar-refractivity contribution is -0.167. The fourth-order valence-electron chi connectivity index (χ4n) is 8.41. The Morgan fingerprint density at radius 2 is 0.577 bits per heavy atom. The first-order valence-corrected chi connectivity index (χ1v) is 30.1. The van der Waals surface area contributed by atoms with E-state index in [0.717, 1.165) is 83.5 Å². The molecule has 0 aliphatic rings. The van der Waals surface area contributed by atoms with Crippen LogP contribution in [0.3, 0.4) is 0 Å². The maximum Gasteiger partial charge on any atom is 0.306 e. The van der Waals surface area contributed by atoms with Crippen molar-refractivity contribution < 1.29 is 28.6 Å². The third kappa shape index (κ3) is 57.4. The molecule has 0 aromatic carbocycles. The summed E-state index contributed by atoms with van der Waals surface area (Å²) in [6, 6.07) is 0. The van der Waals surface area contributed by atoms with Crippen molar-refractivity contribution in [3.05, 3.63) is 85.1 Å². The van der Waals surface area contributed by atoms with E-state index in [9.17, 15) is 14.4 Å². The highest BCUT2D eigenvalue weighted by Gasteiger charge is 2.19. The number of allylic oxidation sites excluding steroid dienone is 14. The largest absolute Gasteiger partial charge is 0.462 e. The molecule has 0 rings (SSSR count). The minimum Gasteiger partial charge on any atom is -0.462 e. The van der Waals surface area contributed by atoms with E-state index in [0.29, 0.717) is 19.3 Å². The molecule has 0 spiro atoms. The first-order valence-electron chi connectivity index (χ1n) is 30.1. The van der Waals surface area contributed by atoms with E-state index in [2.05, 4.69) is 106 Å². The van der Waals surface area contributed by atoms with Crippen LogP contribution in [-0.4, -0.2) is 37.2 Å². The smallest absolute Gasteiger partial charge is 0.306 e. The molecule has 0 amide bonds. The van der Waals surface area contributed by atoms with Crippen molar-refractivity contribution in [3.8, 4) is 0 Å². The van der Waals surface area contributed by atoms with Gasteiger partial charge in [-0.1, -0.05) is 279 Å². The van der Waals surface area contributed by atoms with Gasteiger partial charge in [-0.3, -0.25) is 14.4 Å². The third-order valence-corrected chi connectivity index (χ3v) is 13.0. The molecule has 71 heavy (non-hydrogen) atoms. The van der Waals surface area contributed by atoms with E-state index >= 15 is 0 Å². The Hall–Kier alpha value is -3.41. The number of esters is 3. The molecule has 0 fully saturated rings. The second-order valence-electron chi connectivity index (χ2n) is 20.0. The summed E-state index contributed by atoms with van der Waals surface area (Å²) < 4.78 is 16.8. The first-order chi connectivity index (χ1) is 35.0. The van der Waals surface area contributed by atoms with Crippen molar-refractivity contribution >= 4 is 17.9 Å². The Kier molecular flexibility index (Phi) is 56.3. The van der Waals surface area contributed by atoms with Crippen LogP contribution in [-0.2, 0) is 28.6 Å². The molecule has 0 N–H and O–H groups in total. The molecule has 0 bridgehead atoms. The lowest BCUT2D eigenvalue weighted by Crippen LogP contribution is -2.30. The molecular formula is C65H112O6. The Balaban J connectivity index is 4.49. The first kappa shape index (κ1) is 67.6. The molecule has 0 aromatic rings. The van der Waals surface area contributed by atoms with Crippen LogP contribution in [0.1, 0.15) is 290 Å². The van der Waals surface area contributed by atoms with Crippen molar-refractivity contribution in [1.29, 1.82) is 0 Å². The van der Waals surface area contributed by atoms with Crippen molar-refractivity contribution in [2.45, 2.75) is 297 Å². The number of hydrogen-bond donors (Lipinski definition) is 0. The highest BCUT2D eigenvalue weighted by atomic mass is 16.6. The Labute approximate surface area is 439 Å². The summed E-state index contributed by atoms with van der Waals surface area (Å²) in [5.74, 6) is -0.966. The zero-order valence-electron chi connectivity index (χ0n) is 46.7. The number of carbonyl (C=O) groups is 3. The summed E-state index contributed by atoms with van der Waals surface area (Å²) in [6.45, 7) is 6.56. The summed E-state index contributed by atoms with van der Waals surface area (Å²) in [7, 11) is 0. The molecule has 0 heterocycles. The standard InChI is InChI=1S/C65H112O6/c1-4-7-10-13-16-19-22-25-28-31-34-37-40-43-46-49-52-55-58-64(67)70-61-62(60-69-63(66)57-54-51-48-45-42-39-36-33-30-27-24-21-18-15-12-9-6-3)71-65(68)59-56-53-50-47-44-41-38-35-32-29-26-23-20-17-14-11-8-5-2/h16,19,22,25,27-28,30-31,34,36-37,39,45,48,62H,4-15,17-18,20-21,23-24,26,29,32-33,35,38,40-44,46-47,49-61H2,1-3H3/b19-16-,25-22-,30-27-,31-28-,37-34-,39-36-,48-45-. The third-order valence-electron chi connectivity index (χ3n) is 13.0. The van der Waals surface area contributed by atoms with E-state index in [4.69, 9.17) is 14.2 Å². The predicted octanol–water partition coefficient (Wildman–Crippen LogP) is 20.3. The van der Waals surface area contributed by atoms with Gasteiger partial charge in [0.25, 0.3) is 0 Å². The van der Waals surface area contributed by atoms with Gasteiger partial charge >= 0.3 is 17.9 Å². The van der Waals surface area contributed by atoms with Crippen LogP contribution in [0.4, 0.5) is 0 Å². The van der Waals surface area contributed by atoms with Crippen LogP contribution in [0.5, 0.6) is 0 Å². The van der Waals surface area contributed by atoms with E-state index in [-0.39, 0.29) is 37.5 Å². The molecule has 0 saturated carbocycles. The molecule has 408 valence electrons. The van der Waals surface area contributed by atoms with Crippen LogP contribution in [0.25, 0.3) is 0 Å². The minimum absolute atomic E-state index is 0.103. The van der Waals surface area contributed by atoms with Gasteiger partial charge in [0, 0.05) is 19.3 Å². The monoisotopic (exact) mass is 989 g/mol. The molecular weight excluding hydrogens is 877 g/mol. The second kappa shape index (κ2) is 59.2. The molecule has 6 heteroatoms. The van der Waals surface area contributed by atoms with Gasteiger partial charge in [-0.05, 0) is 77.0 Å². The van der Waals surface area contributed by atoms with Gasteiger partial charge < -0.3 is 14.2 Å². The van der Waals surface area contributed by atoms with E-state index < -0.39 is 6.10 Å². The molecule has 0 saturated heterocycles. The summed E-state index contributed by atoms with van der Waals surface area (Å²) in [4.78, 5) is 38.2. The lowest BCUT2D eigenvalue weighted by atomic mass is 10.0. The number of rotatable bonds is 54. The average Bonchev–Trinajstić information content (AvgIpc) is 3.37. The SMILES string of the molecule is CCCCC\C=C/C=C\C=C/C=C\CCCCCCCC(=O)OCC(COC(=O)CCC/C=C\C/C=C\C/C=C\CCCCCCCC)OC(=O)CCCCCCCCCCCCCCCCCCCC. The minimum atomic E-state index is -0.806. The summed E-state index contributed by atoms with van der Waals surface area (Å²) in [5, 5.41) is 0. The highest BCUT2D eigenvalue weighted by Crippen LogP contribution is 2.16. The fourth-order valence-corrected chi connectivity index (χ4v) is 8.41. The van der Waals surface area contributed by atoms with Crippen LogP contribution in [0, 0.1) is 0 Å². The summed E-state index contributed by atoms with van der Waals surface area (Å²) in [6.07, 6.45) is 77.2. The molecule has 0 aliphatic heterocycles. The summed E-state index contributed by atoms with van der Waals surface area (Å²) >= 11 is 0. The van der Waals surface area contributed by atoms with Crippen molar-refractivity contribution in [3.63, 3.8) is 0 Å². The Morgan fingerprint density at radius 3 is 1.00 bits per heavy atom. The average molecular weight is 990 g/mol. The van der Waals surface area contributed by atoms with Crippen molar-refractivity contribution in [2.24, 2.45) is 0 Å². The second-order valence-corrected chi connectivity index (χ2v) is 20.0. The van der Waals surface area contributed by atoms with Gasteiger partial charge in [0.1, 0.15) is 13.2 Å². The Morgan fingerprint density at radius 1 is 0.296 bits per heavy atom. The molecule has 1 unspecified atom stereocenters. The van der Waals surface area contributed by atoms with Crippen molar-refractivity contribution in [2.75, 3.05) is 13.2 Å². The summed E-state index contributed by atoms with van der Waals surface area (Å²) in [5.41, 5.74) is 0. The topological polar surface area (TPSA) is 78.9 Å². The normalized spacial score (nSPS) is 12.7. The van der Waals surface area contributed by atoms with E-state index in [1.54, 1.807) is 0 Å². The van der Waals surface area contributed by atoms with Crippen molar-refractivity contribution in [1.82, 2.24) is 0 Å². The molecule has 1 atom stereocenters. The maximum absolute atomic E-state index is 12.9.